The van der Waals surface area contributed by atoms with Crippen LogP contribution in [0.2, 0.25) is 0 Å². The van der Waals surface area contributed by atoms with E-state index >= 15 is 0 Å². The van der Waals surface area contributed by atoms with Crippen LogP contribution in [0, 0.1) is 5.92 Å². The third kappa shape index (κ3) is 2.17. The summed E-state index contributed by atoms with van der Waals surface area (Å²) < 4.78 is 5.68. The summed E-state index contributed by atoms with van der Waals surface area (Å²) in [6, 6.07) is 0. The van der Waals surface area contributed by atoms with E-state index in [1.165, 1.54) is 25.8 Å². The van der Waals surface area contributed by atoms with Crippen molar-refractivity contribution in [2.75, 3.05) is 20.1 Å². The molecule has 2 rings (SSSR count). The summed E-state index contributed by atoms with van der Waals surface area (Å²) in [6.07, 6.45) is 5.92. The van der Waals surface area contributed by atoms with E-state index in [-0.39, 0.29) is 11.6 Å². The lowest BCUT2D eigenvalue weighted by Crippen LogP contribution is -3.12. The molecule has 1 aliphatic heterocycles. The molecule has 0 aromatic carbocycles. The first-order valence-corrected chi connectivity index (χ1v) is 6.13. The van der Waals surface area contributed by atoms with Gasteiger partial charge in [0.25, 0.3) is 0 Å². The van der Waals surface area contributed by atoms with Gasteiger partial charge in [-0.25, -0.2) is 0 Å². The lowest BCUT2D eigenvalue weighted by Gasteiger charge is -2.46. The molecule has 0 bridgehead atoms. The molecular weight excluding hydrogens is 190 g/mol. The Bertz CT molecular complexity index is 254. The maximum atomic E-state index is 11.2. The highest BCUT2D eigenvalue weighted by atomic mass is 16.6. The van der Waals surface area contributed by atoms with E-state index in [2.05, 4.69) is 7.05 Å². The molecule has 1 unspecified atom stereocenters. The predicted molar refractivity (Wildman–Crippen MR) is 57.7 cm³/mol. The van der Waals surface area contributed by atoms with Crippen molar-refractivity contribution in [2.24, 2.45) is 5.92 Å². The molecule has 0 radical (unpaired) electrons. The first-order chi connectivity index (χ1) is 7.12. The molecule has 1 saturated heterocycles. The van der Waals surface area contributed by atoms with Gasteiger partial charge in [-0.15, -0.1) is 0 Å². The summed E-state index contributed by atoms with van der Waals surface area (Å²) in [5.41, 5.74) is -0.0937. The zero-order valence-corrected chi connectivity index (χ0v) is 9.84. The second kappa shape index (κ2) is 4.12. The number of esters is 1. The lowest BCUT2D eigenvalue weighted by molar-refractivity contribution is -0.892. The van der Waals surface area contributed by atoms with Gasteiger partial charge in [-0.1, -0.05) is 6.42 Å². The molecule has 3 heteroatoms. The highest BCUT2D eigenvalue weighted by Gasteiger charge is 2.48. The summed E-state index contributed by atoms with van der Waals surface area (Å²) in [6.45, 7) is 3.86. The van der Waals surface area contributed by atoms with Crippen LogP contribution in [0.4, 0.5) is 0 Å². The molecular formula is C12H22NO2+. The Kier molecular flexibility index (Phi) is 3.01. The van der Waals surface area contributed by atoms with Gasteiger partial charge in [0.2, 0.25) is 0 Å². The van der Waals surface area contributed by atoms with Crippen LogP contribution >= 0.6 is 0 Å². The van der Waals surface area contributed by atoms with Crippen LogP contribution in [0.5, 0.6) is 0 Å². The molecule has 2 aliphatic rings. The molecule has 86 valence electrons. The minimum absolute atomic E-state index is 0.0937. The summed E-state index contributed by atoms with van der Waals surface area (Å²) >= 11 is 0. The fourth-order valence-electron chi connectivity index (χ4n) is 3.32. The molecule has 1 aliphatic carbocycles. The van der Waals surface area contributed by atoms with Gasteiger partial charge in [0.1, 0.15) is 5.60 Å². The number of nitrogens with one attached hydrogen (secondary N) is 1. The SMILES string of the molecule is CC(=O)O[C@]12CCCC[C@@H]1C[NH+](C)CC2. The third-order valence-corrected chi connectivity index (χ3v) is 4.06. The fourth-order valence-corrected chi connectivity index (χ4v) is 3.32. The number of quaternary nitrogens is 1. The number of hydrogen-bond donors (Lipinski definition) is 1. The van der Waals surface area contributed by atoms with Gasteiger partial charge in [-0.2, -0.15) is 0 Å². The molecule has 2 fully saturated rings. The number of piperidine rings is 1. The normalized spacial score (nSPS) is 40.7. The number of carbonyl (C=O) groups is 1. The summed E-state index contributed by atoms with van der Waals surface area (Å²) in [5, 5.41) is 0. The second-order valence-corrected chi connectivity index (χ2v) is 5.26. The minimum atomic E-state index is -0.0959. The van der Waals surface area contributed by atoms with E-state index in [9.17, 15) is 4.79 Å². The highest BCUT2D eigenvalue weighted by Crippen LogP contribution is 2.39. The van der Waals surface area contributed by atoms with Crippen LogP contribution in [0.15, 0.2) is 0 Å². The smallest absolute Gasteiger partial charge is 0.303 e. The zero-order valence-electron chi connectivity index (χ0n) is 9.84. The minimum Gasteiger partial charge on any atom is -0.458 e. The second-order valence-electron chi connectivity index (χ2n) is 5.26. The molecule has 0 spiro atoms. The van der Waals surface area contributed by atoms with E-state index < -0.39 is 0 Å². The molecule has 1 heterocycles. The van der Waals surface area contributed by atoms with Gasteiger partial charge >= 0.3 is 5.97 Å². The number of rotatable bonds is 1. The number of fused-ring (bicyclic) bond motifs is 1. The Morgan fingerprint density at radius 2 is 2.20 bits per heavy atom. The lowest BCUT2D eigenvalue weighted by atomic mass is 9.71. The standard InChI is InChI=1S/C12H21NO2/c1-10(14)15-12-6-4-3-5-11(12)9-13(2)8-7-12/h11H,3-9H2,1-2H3/p+1/t11-,12+/m1/s1. The number of carbonyl (C=O) groups excluding carboxylic acids is 1. The maximum absolute atomic E-state index is 11.2. The van der Waals surface area contributed by atoms with Crippen LogP contribution in [0.1, 0.15) is 39.0 Å². The van der Waals surface area contributed by atoms with Gasteiger partial charge in [0.15, 0.2) is 0 Å². The zero-order chi connectivity index (χ0) is 10.9. The molecule has 0 aromatic heterocycles. The van der Waals surface area contributed by atoms with Crippen molar-refractivity contribution in [2.45, 2.75) is 44.6 Å². The molecule has 3 nitrogen and oxygen atoms in total. The van der Waals surface area contributed by atoms with Gasteiger partial charge in [0.05, 0.1) is 20.1 Å². The first-order valence-electron chi connectivity index (χ1n) is 6.13. The summed E-state index contributed by atoms with van der Waals surface area (Å²) in [7, 11) is 2.24. The summed E-state index contributed by atoms with van der Waals surface area (Å²) in [5.74, 6) is 0.505. The number of hydrogen-bond acceptors (Lipinski definition) is 2. The van der Waals surface area contributed by atoms with Crippen molar-refractivity contribution >= 4 is 5.97 Å². The molecule has 15 heavy (non-hydrogen) atoms. The quantitative estimate of drug-likeness (QED) is 0.638. The van der Waals surface area contributed by atoms with Crippen LogP contribution in [0.3, 0.4) is 0 Å². The average molecular weight is 212 g/mol. The van der Waals surface area contributed by atoms with E-state index in [1.807, 2.05) is 0 Å². The van der Waals surface area contributed by atoms with Crippen LogP contribution in [-0.4, -0.2) is 31.7 Å². The third-order valence-electron chi connectivity index (χ3n) is 4.06. The van der Waals surface area contributed by atoms with Gasteiger partial charge in [0, 0.05) is 19.3 Å². The summed E-state index contributed by atoms with van der Waals surface area (Å²) in [4.78, 5) is 12.8. The van der Waals surface area contributed by atoms with E-state index in [0.29, 0.717) is 5.92 Å². The molecule has 3 atom stereocenters. The highest BCUT2D eigenvalue weighted by molar-refractivity contribution is 5.66. The van der Waals surface area contributed by atoms with E-state index in [0.717, 1.165) is 19.4 Å². The van der Waals surface area contributed by atoms with Crippen LogP contribution in [-0.2, 0) is 9.53 Å². The van der Waals surface area contributed by atoms with Crippen LogP contribution < -0.4 is 4.90 Å². The Morgan fingerprint density at radius 1 is 1.40 bits per heavy atom. The number of ether oxygens (including phenoxy) is 1. The Hall–Kier alpha value is -0.570. The molecule has 0 aromatic rings. The fraction of sp³-hybridized carbons (Fsp3) is 0.917. The van der Waals surface area contributed by atoms with Crippen molar-refractivity contribution in [3.8, 4) is 0 Å². The average Bonchev–Trinajstić information content (AvgIpc) is 2.17. The number of likely N-dealkylation sites (tertiary alicyclic amines) is 1. The van der Waals surface area contributed by atoms with Gasteiger partial charge in [-0.3, -0.25) is 4.79 Å². The van der Waals surface area contributed by atoms with E-state index in [4.69, 9.17) is 4.74 Å². The largest absolute Gasteiger partial charge is 0.458 e. The topological polar surface area (TPSA) is 30.7 Å². The Labute approximate surface area is 91.8 Å². The Morgan fingerprint density at radius 3 is 2.93 bits per heavy atom. The molecule has 0 amide bonds. The molecule has 1 saturated carbocycles. The van der Waals surface area contributed by atoms with Crippen LogP contribution in [0.25, 0.3) is 0 Å². The van der Waals surface area contributed by atoms with Gasteiger partial charge in [-0.05, 0) is 19.3 Å². The van der Waals surface area contributed by atoms with E-state index in [1.54, 1.807) is 11.8 Å². The predicted octanol–water partition coefficient (Wildman–Crippen LogP) is 0.397. The molecule has 1 N–H and O–H groups in total. The van der Waals surface area contributed by atoms with Crippen molar-refractivity contribution in [3.63, 3.8) is 0 Å². The maximum Gasteiger partial charge on any atom is 0.303 e. The van der Waals surface area contributed by atoms with Crippen molar-refractivity contribution in [3.05, 3.63) is 0 Å². The first kappa shape index (κ1) is 10.9. The van der Waals surface area contributed by atoms with Crippen molar-refractivity contribution in [1.29, 1.82) is 0 Å². The monoisotopic (exact) mass is 212 g/mol. The Balaban J connectivity index is 2.12. The van der Waals surface area contributed by atoms with Gasteiger partial charge < -0.3 is 9.64 Å². The van der Waals surface area contributed by atoms with Crippen molar-refractivity contribution < 1.29 is 14.4 Å². The van der Waals surface area contributed by atoms with Crippen molar-refractivity contribution in [1.82, 2.24) is 0 Å².